The minimum absolute atomic E-state index is 0.0902. The molecule has 6 heteroatoms. The standard InChI is InChI=1S/C67H110O6/c1-4-7-10-13-16-19-21-23-24-25-26-27-28-29-30-31-32-33-34-35-36-37-38-39-40-41-42-44-45-48-51-54-57-60-66(69)72-63-64(62-71-65(68)59-56-53-50-47-18-15-12-9-6-3)73-67(70)61-58-55-52-49-46-43-22-20-17-14-11-8-5-2/h7,10,16,19,23-24,26-27,29-30,32-33,35-36,38-39,41-42,45,48,64H,4-6,8-9,11-15,17-18,20-22,25,28,31,34,37,40,43-44,46-47,49-63H2,1-3H3/b10-7-,19-16-,24-23-,27-26-,30-29-,33-32-,36-35-,39-38-,42-41-,48-45-. The molecule has 0 rings (SSSR count). The van der Waals surface area contributed by atoms with Crippen LogP contribution in [0.25, 0.3) is 0 Å². The van der Waals surface area contributed by atoms with E-state index < -0.39 is 6.10 Å². The molecule has 0 N–H and O–H groups in total. The molecule has 0 aliphatic rings. The number of allylic oxidation sites excluding steroid dienone is 20. The number of rotatable bonds is 53. The Morgan fingerprint density at radius 1 is 0.288 bits per heavy atom. The number of carbonyl (C=O) groups excluding carboxylic acids is 3. The number of esters is 3. The average Bonchev–Trinajstić information content (AvgIpc) is 3.39. The first kappa shape index (κ1) is 68.8. The summed E-state index contributed by atoms with van der Waals surface area (Å²) in [6.45, 7) is 6.47. The van der Waals surface area contributed by atoms with Crippen molar-refractivity contribution in [1.82, 2.24) is 0 Å². The van der Waals surface area contributed by atoms with Crippen LogP contribution in [0.1, 0.15) is 265 Å². The van der Waals surface area contributed by atoms with Crippen molar-refractivity contribution >= 4 is 17.9 Å². The van der Waals surface area contributed by atoms with Crippen molar-refractivity contribution in [2.45, 2.75) is 271 Å². The second-order valence-electron chi connectivity index (χ2n) is 19.5. The van der Waals surface area contributed by atoms with Crippen LogP contribution in [0.3, 0.4) is 0 Å². The first-order valence-electron chi connectivity index (χ1n) is 30.0. The molecule has 0 saturated heterocycles. The van der Waals surface area contributed by atoms with Crippen molar-refractivity contribution in [2.75, 3.05) is 13.2 Å². The van der Waals surface area contributed by atoms with E-state index in [9.17, 15) is 14.4 Å². The van der Waals surface area contributed by atoms with Crippen LogP contribution < -0.4 is 0 Å². The third kappa shape index (κ3) is 58.6. The van der Waals surface area contributed by atoms with E-state index in [1.807, 2.05) is 0 Å². The highest BCUT2D eigenvalue weighted by Gasteiger charge is 2.19. The number of carbonyl (C=O) groups is 3. The van der Waals surface area contributed by atoms with Gasteiger partial charge in [0.2, 0.25) is 0 Å². The molecule has 73 heavy (non-hydrogen) atoms. The maximum Gasteiger partial charge on any atom is 0.306 e. The van der Waals surface area contributed by atoms with E-state index in [1.165, 1.54) is 103 Å². The van der Waals surface area contributed by atoms with Gasteiger partial charge in [0, 0.05) is 19.3 Å². The second-order valence-corrected chi connectivity index (χ2v) is 19.5. The lowest BCUT2D eigenvalue weighted by molar-refractivity contribution is -0.167. The van der Waals surface area contributed by atoms with E-state index in [1.54, 1.807) is 0 Å². The second kappa shape index (κ2) is 60.4. The smallest absolute Gasteiger partial charge is 0.306 e. The molecule has 1 unspecified atom stereocenters. The molecule has 0 saturated carbocycles. The molecular weight excluding hydrogens is 901 g/mol. The first-order chi connectivity index (χ1) is 36.0. The number of unbranched alkanes of at least 4 members (excludes halogenated alkanes) is 22. The Morgan fingerprint density at radius 3 is 0.836 bits per heavy atom. The zero-order valence-electron chi connectivity index (χ0n) is 47.4. The number of hydrogen-bond donors (Lipinski definition) is 0. The molecule has 0 aromatic heterocycles. The van der Waals surface area contributed by atoms with E-state index in [0.717, 1.165) is 122 Å². The fraction of sp³-hybridized carbons (Fsp3) is 0.657. The van der Waals surface area contributed by atoms with Crippen LogP contribution in [-0.4, -0.2) is 37.2 Å². The van der Waals surface area contributed by atoms with Crippen LogP contribution in [0, 0.1) is 0 Å². The van der Waals surface area contributed by atoms with Crippen molar-refractivity contribution in [1.29, 1.82) is 0 Å². The first-order valence-corrected chi connectivity index (χ1v) is 30.0. The van der Waals surface area contributed by atoms with Crippen molar-refractivity contribution in [3.63, 3.8) is 0 Å². The van der Waals surface area contributed by atoms with Crippen LogP contribution in [0.4, 0.5) is 0 Å². The van der Waals surface area contributed by atoms with Gasteiger partial charge in [-0.2, -0.15) is 0 Å². The summed E-state index contributed by atoms with van der Waals surface area (Å²) in [5.74, 6) is -0.938. The van der Waals surface area contributed by atoms with Crippen molar-refractivity contribution < 1.29 is 28.6 Å². The predicted molar refractivity (Wildman–Crippen MR) is 316 cm³/mol. The molecule has 6 nitrogen and oxygen atoms in total. The topological polar surface area (TPSA) is 78.9 Å². The number of hydrogen-bond acceptors (Lipinski definition) is 6. The van der Waals surface area contributed by atoms with Gasteiger partial charge in [-0.15, -0.1) is 0 Å². The summed E-state index contributed by atoms with van der Waals surface area (Å²) < 4.78 is 16.8. The maximum absolute atomic E-state index is 12.8. The lowest BCUT2D eigenvalue weighted by Crippen LogP contribution is -2.30. The van der Waals surface area contributed by atoms with Gasteiger partial charge in [-0.05, 0) is 96.3 Å². The van der Waals surface area contributed by atoms with Gasteiger partial charge >= 0.3 is 17.9 Å². The van der Waals surface area contributed by atoms with Gasteiger partial charge in [-0.3, -0.25) is 14.4 Å². The van der Waals surface area contributed by atoms with E-state index in [-0.39, 0.29) is 31.1 Å². The third-order valence-electron chi connectivity index (χ3n) is 12.5. The SMILES string of the molecule is CC/C=C\C/C=C\C/C=C\C/C=C\C/C=C\C/C=C\C/C=C\C/C=C\C/C=C\C/C=C\CCCCC(=O)OCC(COC(=O)CCCCCCCCCCC)OC(=O)CCCCCCCCCCCCCCC. The van der Waals surface area contributed by atoms with Gasteiger partial charge in [0.05, 0.1) is 0 Å². The average molecular weight is 1010 g/mol. The molecule has 0 amide bonds. The van der Waals surface area contributed by atoms with Crippen molar-refractivity contribution in [3.8, 4) is 0 Å². The van der Waals surface area contributed by atoms with Gasteiger partial charge in [-0.25, -0.2) is 0 Å². The minimum atomic E-state index is -0.793. The van der Waals surface area contributed by atoms with Crippen molar-refractivity contribution in [3.05, 3.63) is 122 Å². The predicted octanol–water partition coefficient (Wildman–Crippen LogP) is 20.4. The van der Waals surface area contributed by atoms with Crippen LogP contribution >= 0.6 is 0 Å². The van der Waals surface area contributed by atoms with E-state index >= 15 is 0 Å². The van der Waals surface area contributed by atoms with Crippen LogP contribution in [0.2, 0.25) is 0 Å². The Kier molecular flexibility index (Phi) is 56.9. The summed E-state index contributed by atoms with van der Waals surface area (Å²) in [5, 5.41) is 0. The lowest BCUT2D eigenvalue weighted by atomic mass is 10.0. The summed E-state index contributed by atoms with van der Waals surface area (Å²) in [6.07, 6.45) is 83.5. The normalized spacial score (nSPS) is 13.0. The summed E-state index contributed by atoms with van der Waals surface area (Å²) in [7, 11) is 0. The molecule has 0 aliphatic carbocycles. The summed E-state index contributed by atoms with van der Waals surface area (Å²) >= 11 is 0. The largest absolute Gasteiger partial charge is 0.462 e. The fourth-order valence-electron chi connectivity index (χ4n) is 8.00. The molecular formula is C67H110O6. The summed E-state index contributed by atoms with van der Waals surface area (Å²) in [5.41, 5.74) is 0. The van der Waals surface area contributed by atoms with Crippen LogP contribution in [0.15, 0.2) is 122 Å². The van der Waals surface area contributed by atoms with Gasteiger partial charge in [0.1, 0.15) is 13.2 Å². The molecule has 0 heterocycles. The van der Waals surface area contributed by atoms with E-state index in [0.29, 0.717) is 19.3 Å². The monoisotopic (exact) mass is 1010 g/mol. The van der Waals surface area contributed by atoms with Crippen LogP contribution in [-0.2, 0) is 28.6 Å². The van der Waals surface area contributed by atoms with E-state index in [4.69, 9.17) is 14.2 Å². The molecule has 0 aliphatic heterocycles. The lowest BCUT2D eigenvalue weighted by Gasteiger charge is -2.18. The summed E-state index contributed by atoms with van der Waals surface area (Å²) in [4.78, 5) is 38.0. The maximum atomic E-state index is 12.8. The molecule has 0 radical (unpaired) electrons. The molecule has 414 valence electrons. The quantitative estimate of drug-likeness (QED) is 0.0261. The third-order valence-corrected chi connectivity index (χ3v) is 12.5. The highest BCUT2D eigenvalue weighted by atomic mass is 16.6. The summed E-state index contributed by atoms with van der Waals surface area (Å²) in [6, 6.07) is 0. The van der Waals surface area contributed by atoms with Gasteiger partial charge in [0.25, 0.3) is 0 Å². The van der Waals surface area contributed by atoms with Crippen LogP contribution in [0.5, 0.6) is 0 Å². The zero-order valence-corrected chi connectivity index (χ0v) is 47.4. The van der Waals surface area contributed by atoms with Gasteiger partial charge in [0.15, 0.2) is 6.10 Å². The highest BCUT2D eigenvalue weighted by molar-refractivity contribution is 5.71. The molecule has 1 atom stereocenters. The Morgan fingerprint density at radius 2 is 0.534 bits per heavy atom. The van der Waals surface area contributed by atoms with E-state index in [2.05, 4.69) is 142 Å². The highest BCUT2D eigenvalue weighted by Crippen LogP contribution is 2.15. The Labute approximate surface area is 450 Å². The molecule has 0 aromatic carbocycles. The Hall–Kier alpha value is -4.19. The minimum Gasteiger partial charge on any atom is -0.462 e. The molecule has 0 bridgehead atoms. The Balaban J connectivity index is 4.27. The van der Waals surface area contributed by atoms with Gasteiger partial charge in [-0.1, -0.05) is 271 Å². The van der Waals surface area contributed by atoms with Gasteiger partial charge < -0.3 is 14.2 Å². The Bertz CT molecular complexity index is 1540. The zero-order chi connectivity index (χ0) is 52.9. The molecule has 0 fully saturated rings. The van der Waals surface area contributed by atoms with Crippen molar-refractivity contribution in [2.24, 2.45) is 0 Å². The fourth-order valence-corrected chi connectivity index (χ4v) is 8.00. The molecule has 0 aromatic rings. The molecule has 0 spiro atoms. The number of ether oxygens (including phenoxy) is 3.